The minimum absolute atomic E-state index is 0.0130. The van der Waals surface area contributed by atoms with Crippen LogP contribution in [0.2, 0.25) is 4.34 Å². The molecule has 0 spiro atoms. The van der Waals surface area contributed by atoms with Crippen molar-refractivity contribution >= 4 is 22.9 Å². The van der Waals surface area contributed by atoms with Gasteiger partial charge in [0.2, 0.25) is 0 Å². The lowest BCUT2D eigenvalue weighted by Gasteiger charge is -2.03. The Kier molecular flexibility index (Phi) is 2.86. The highest BCUT2D eigenvalue weighted by atomic mass is 35.5. The lowest BCUT2D eigenvalue weighted by atomic mass is 10.4. The Labute approximate surface area is 90.6 Å². The summed E-state index contributed by atoms with van der Waals surface area (Å²) >= 11 is 7.36. The molecule has 0 aromatic carbocycles. The number of thiophene rings is 1. The van der Waals surface area contributed by atoms with Gasteiger partial charge in [0.25, 0.3) is 0 Å². The fraction of sp³-hybridized carbons (Fsp3) is 0.222. The topological polar surface area (TPSA) is 38.1 Å². The molecule has 0 radical (unpaired) electrons. The Morgan fingerprint density at radius 3 is 3.00 bits per heavy atom. The van der Waals surface area contributed by atoms with Crippen LogP contribution in [0.5, 0.6) is 0 Å². The number of hydrogen-bond acceptors (Lipinski definition) is 3. The van der Waals surface area contributed by atoms with Crippen molar-refractivity contribution in [1.82, 2.24) is 9.55 Å². The van der Waals surface area contributed by atoms with E-state index in [1.165, 1.54) is 0 Å². The van der Waals surface area contributed by atoms with E-state index in [0.29, 0.717) is 6.54 Å². The zero-order valence-corrected chi connectivity index (χ0v) is 8.92. The molecule has 0 aliphatic heterocycles. The van der Waals surface area contributed by atoms with Gasteiger partial charge in [-0.05, 0) is 12.1 Å². The molecular weight excluding hydrogens is 220 g/mol. The van der Waals surface area contributed by atoms with Gasteiger partial charge in [-0.1, -0.05) is 11.6 Å². The summed E-state index contributed by atoms with van der Waals surface area (Å²) in [5.74, 6) is 0. The van der Waals surface area contributed by atoms with E-state index in [2.05, 4.69) is 4.98 Å². The molecule has 14 heavy (non-hydrogen) atoms. The molecule has 2 aromatic heterocycles. The van der Waals surface area contributed by atoms with E-state index in [-0.39, 0.29) is 6.61 Å². The van der Waals surface area contributed by atoms with Gasteiger partial charge in [-0.15, -0.1) is 11.3 Å². The van der Waals surface area contributed by atoms with Crippen LogP contribution in [-0.4, -0.2) is 14.7 Å². The van der Waals surface area contributed by atoms with E-state index in [1.54, 1.807) is 23.9 Å². The van der Waals surface area contributed by atoms with E-state index in [4.69, 9.17) is 16.7 Å². The average molecular weight is 229 g/mol. The van der Waals surface area contributed by atoms with Crippen LogP contribution in [0.15, 0.2) is 24.7 Å². The number of aliphatic hydroxyl groups is 1. The molecule has 2 rings (SSSR count). The lowest BCUT2D eigenvalue weighted by Crippen LogP contribution is -2.01. The lowest BCUT2D eigenvalue weighted by molar-refractivity contribution is 0.271. The highest BCUT2D eigenvalue weighted by Gasteiger charge is 2.03. The molecule has 1 N–H and O–H groups in total. The highest BCUT2D eigenvalue weighted by Crippen LogP contribution is 2.22. The number of imidazole rings is 1. The van der Waals surface area contributed by atoms with Crippen LogP contribution in [0.25, 0.3) is 0 Å². The fourth-order valence-electron chi connectivity index (χ4n) is 1.23. The van der Waals surface area contributed by atoms with E-state index >= 15 is 0 Å². The summed E-state index contributed by atoms with van der Waals surface area (Å²) in [5.41, 5.74) is 0.814. The minimum atomic E-state index is 0.0130. The van der Waals surface area contributed by atoms with Crippen molar-refractivity contribution in [3.8, 4) is 0 Å². The van der Waals surface area contributed by atoms with Crippen LogP contribution < -0.4 is 0 Å². The third-order valence-electron chi connectivity index (χ3n) is 1.92. The summed E-state index contributed by atoms with van der Waals surface area (Å²) in [5, 5.41) is 9.01. The van der Waals surface area contributed by atoms with Gasteiger partial charge in [0.05, 0.1) is 35.7 Å². The van der Waals surface area contributed by atoms with Gasteiger partial charge < -0.3 is 9.67 Å². The second-order valence-electron chi connectivity index (χ2n) is 2.88. The van der Waals surface area contributed by atoms with Crippen LogP contribution in [-0.2, 0) is 13.2 Å². The number of rotatable bonds is 3. The summed E-state index contributed by atoms with van der Waals surface area (Å²) in [6.45, 7) is 0.729. The normalized spacial score (nSPS) is 10.7. The molecule has 0 aliphatic carbocycles. The zero-order chi connectivity index (χ0) is 9.97. The van der Waals surface area contributed by atoms with Crippen molar-refractivity contribution < 1.29 is 5.11 Å². The highest BCUT2D eigenvalue weighted by molar-refractivity contribution is 7.16. The molecule has 0 saturated heterocycles. The molecule has 0 unspecified atom stereocenters. The first-order valence-electron chi connectivity index (χ1n) is 4.13. The van der Waals surface area contributed by atoms with Gasteiger partial charge in [-0.25, -0.2) is 4.98 Å². The number of hydrogen-bond donors (Lipinski definition) is 1. The van der Waals surface area contributed by atoms with Crippen molar-refractivity contribution in [2.75, 3.05) is 0 Å². The predicted molar refractivity (Wildman–Crippen MR) is 56.6 cm³/mol. The van der Waals surface area contributed by atoms with Crippen LogP contribution in [0.1, 0.15) is 10.6 Å². The maximum Gasteiger partial charge on any atom is 0.0952 e. The van der Waals surface area contributed by atoms with Gasteiger partial charge in [-0.2, -0.15) is 0 Å². The van der Waals surface area contributed by atoms with E-state index < -0.39 is 0 Å². The Hall–Kier alpha value is -0.840. The number of aromatic nitrogens is 2. The van der Waals surface area contributed by atoms with Gasteiger partial charge in [0.15, 0.2) is 0 Å². The minimum Gasteiger partial charge on any atom is -0.390 e. The third-order valence-corrected chi connectivity index (χ3v) is 3.13. The first kappa shape index (κ1) is 9.71. The van der Waals surface area contributed by atoms with E-state index in [0.717, 1.165) is 14.9 Å². The monoisotopic (exact) mass is 228 g/mol. The summed E-state index contributed by atoms with van der Waals surface area (Å²) in [6.07, 6.45) is 3.37. The molecule has 2 heterocycles. The SMILES string of the molecule is OCc1cncn1Cc1ccc(Cl)s1. The van der Waals surface area contributed by atoms with Crippen molar-refractivity contribution in [2.45, 2.75) is 13.2 Å². The average Bonchev–Trinajstić information content (AvgIpc) is 2.76. The summed E-state index contributed by atoms with van der Waals surface area (Å²) in [6, 6.07) is 3.85. The van der Waals surface area contributed by atoms with E-state index in [1.807, 2.05) is 16.7 Å². The number of halogens is 1. The van der Waals surface area contributed by atoms with Crippen molar-refractivity contribution in [3.05, 3.63) is 39.6 Å². The molecular formula is C9H9ClN2OS. The standard InChI is InChI=1S/C9H9ClN2OS/c10-9-2-1-8(14-9)4-12-6-11-3-7(12)5-13/h1-3,6,13H,4-5H2. The quantitative estimate of drug-likeness (QED) is 0.874. The smallest absolute Gasteiger partial charge is 0.0952 e. The molecule has 74 valence electrons. The first-order chi connectivity index (χ1) is 6.79. The summed E-state index contributed by atoms with van der Waals surface area (Å²) in [7, 11) is 0. The van der Waals surface area contributed by atoms with Crippen molar-refractivity contribution in [1.29, 1.82) is 0 Å². The first-order valence-corrected chi connectivity index (χ1v) is 5.33. The van der Waals surface area contributed by atoms with E-state index in [9.17, 15) is 0 Å². The van der Waals surface area contributed by atoms with Gasteiger partial charge >= 0.3 is 0 Å². The van der Waals surface area contributed by atoms with Gasteiger partial charge in [-0.3, -0.25) is 0 Å². The molecule has 0 saturated carbocycles. The maximum atomic E-state index is 9.01. The Morgan fingerprint density at radius 1 is 1.50 bits per heavy atom. The Balaban J connectivity index is 2.18. The largest absolute Gasteiger partial charge is 0.390 e. The Morgan fingerprint density at radius 2 is 2.36 bits per heavy atom. The molecule has 0 atom stereocenters. The van der Waals surface area contributed by atoms with Crippen LogP contribution in [0.3, 0.4) is 0 Å². The fourth-order valence-corrected chi connectivity index (χ4v) is 2.31. The molecule has 2 aromatic rings. The number of nitrogens with zero attached hydrogens (tertiary/aromatic N) is 2. The summed E-state index contributed by atoms with van der Waals surface area (Å²) < 4.78 is 2.69. The molecule has 5 heteroatoms. The number of aliphatic hydroxyl groups excluding tert-OH is 1. The van der Waals surface area contributed by atoms with Gasteiger partial charge in [0, 0.05) is 4.88 Å². The predicted octanol–water partition coefficient (Wildman–Crippen LogP) is 2.14. The zero-order valence-electron chi connectivity index (χ0n) is 7.35. The second kappa shape index (κ2) is 4.13. The van der Waals surface area contributed by atoms with Crippen LogP contribution >= 0.6 is 22.9 Å². The third kappa shape index (κ3) is 1.97. The molecule has 0 fully saturated rings. The summed E-state index contributed by atoms with van der Waals surface area (Å²) in [4.78, 5) is 5.13. The molecule has 3 nitrogen and oxygen atoms in total. The van der Waals surface area contributed by atoms with Gasteiger partial charge in [0.1, 0.15) is 0 Å². The van der Waals surface area contributed by atoms with Crippen molar-refractivity contribution in [2.24, 2.45) is 0 Å². The van der Waals surface area contributed by atoms with Crippen LogP contribution in [0.4, 0.5) is 0 Å². The van der Waals surface area contributed by atoms with Crippen LogP contribution in [0, 0.1) is 0 Å². The molecule has 0 amide bonds. The maximum absolute atomic E-state index is 9.01. The molecule has 0 bridgehead atoms. The second-order valence-corrected chi connectivity index (χ2v) is 4.68. The molecule has 0 aliphatic rings. The Bertz CT molecular complexity index is 424. The van der Waals surface area contributed by atoms with Crippen molar-refractivity contribution in [3.63, 3.8) is 0 Å².